The number of aliphatic hydroxyl groups is 1. The minimum Gasteiger partial charge on any atom is -0.390 e. The highest BCUT2D eigenvalue weighted by Crippen LogP contribution is 2.46. The van der Waals surface area contributed by atoms with Gasteiger partial charge in [-0.1, -0.05) is 20.8 Å². The van der Waals surface area contributed by atoms with Gasteiger partial charge in [0, 0.05) is 13.2 Å². The SMILES string of the molecule is CCOC(C(O)C1CCOC2(CCC2)C1)C(C)(C)C. The van der Waals surface area contributed by atoms with Crippen molar-refractivity contribution in [2.24, 2.45) is 11.3 Å². The Balaban J connectivity index is 2.02. The van der Waals surface area contributed by atoms with Gasteiger partial charge in [0.2, 0.25) is 0 Å². The van der Waals surface area contributed by atoms with Gasteiger partial charge in [-0.25, -0.2) is 0 Å². The Bertz CT molecular complexity index is 291. The Hall–Kier alpha value is -0.120. The Labute approximate surface area is 117 Å². The monoisotopic (exact) mass is 270 g/mol. The van der Waals surface area contributed by atoms with E-state index in [1.807, 2.05) is 6.92 Å². The van der Waals surface area contributed by atoms with E-state index in [1.54, 1.807) is 0 Å². The van der Waals surface area contributed by atoms with Gasteiger partial charge < -0.3 is 14.6 Å². The standard InChI is InChI=1S/C16H30O3/c1-5-18-14(15(2,3)4)13(17)12-7-10-19-16(11-12)8-6-9-16/h12-14,17H,5-11H2,1-4H3. The first-order chi connectivity index (χ1) is 8.88. The van der Waals surface area contributed by atoms with E-state index in [1.165, 1.54) is 19.3 Å². The molecule has 0 aromatic carbocycles. The van der Waals surface area contributed by atoms with Crippen molar-refractivity contribution in [1.82, 2.24) is 0 Å². The van der Waals surface area contributed by atoms with E-state index in [4.69, 9.17) is 9.47 Å². The van der Waals surface area contributed by atoms with Crippen molar-refractivity contribution in [3.05, 3.63) is 0 Å². The summed E-state index contributed by atoms with van der Waals surface area (Å²) >= 11 is 0. The van der Waals surface area contributed by atoms with Crippen LogP contribution in [0.3, 0.4) is 0 Å². The molecule has 1 aliphatic heterocycles. The van der Waals surface area contributed by atoms with Crippen LogP contribution in [-0.2, 0) is 9.47 Å². The molecule has 2 fully saturated rings. The normalized spacial score (nSPS) is 29.8. The van der Waals surface area contributed by atoms with E-state index < -0.39 is 0 Å². The molecular weight excluding hydrogens is 240 g/mol. The van der Waals surface area contributed by atoms with Gasteiger partial charge in [-0.3, -0.25) is 0 Å². The Morgan fingerprint density at radius 3 is 2.53 bits per heavy atom. The van der Waals surface area contributed by atoms with Crippen molar-refractivity contribution in [3.8, 4) is 0 Å². The van der Waals surface area contributed by atoms with Gasteiger partial charge in [-0.05, 0) is 50.4 Å². The second-order valence-electron chi connectivity index (χ2n) is 7.37. The van der Waals surface area contributed by atoms with E-state index in [0.717, 1.165) is 19.4 Å². The molecule has 112 valence electrons. The van der Waals surface area contributed by atoms with E-state index >= 15 is 0 Å². The second kappa shape index (κ2) is 5.71. The predicted octanol–water partition coefficient (Wildman–Crippen LogP) is 3.15. The second-order valence-corrected chi connectivity index (χ2v) is 7.37. The minimum absolute atomic E-state index is 0.0273. The topological polar surface area (TPSA) is 38.7 Å². The first-order valence-corrected chi connectivity index (χ1v) is 7.81. The highest BCUT2D eigenvalue weighted by atomic mass is 16.5. The Morgan fingerprint density at radius 2 is 2.05 bits per heavy atom. The highest BCUT2D eigenvalue weighted by Gasteiger charge is 2.46. The van der Waals surface area contributed by atoms with Crippen LogP contribution in [0, 0.1) is 11.3 Å². The van der Waals surface area contributed by atoms with E-state index in [-0.39, 0.29) is 23.2 Å². The summed E-state index contributed by atoms with van der Waals surface area (Å²) in [6.45, 7) is 9.90. The van der Waals surface area contributed by atoms with Gasteiger partial charge in [-0.15, -0.1) is 0 Å². The molecule has 3 nitrogen and oxygen atoms in total. The van der Waals surface area contributed by atoms with Crippen LogP contribution in [0.2, 0.25) is 0 Å². The molecule has 1 heterocycles. The Morgan fingerprint density at radius 1 is 1.37 bits per heavy atom. The zero-order valence-electron chi connectivity index (χ0n) is 12.9. The molecule has 3 heteroatoms. The van der Waals surface area contributed by atoms with Gasteiger partial charge in [-0.2, -0.15) is 0 Å². The lowest BCUT2D eigenvalue weighted by molar-refractivity contribution is -0.179. The van der Waals surface area contributed by atoms with Crippen LogP contribution in [0.4, 0.5) is 0 Å². The summed E-state index contributed by atoms with van der Waals surface area (Å²) < 4.78 is 11.8. The fourth-order valence-corrected chi connectivity index (χ4v) is 3.56. The number of ether oxygens (including phenoxy) is 2. The minimum atomic E-state index is -0.374. The molecule has 0 aromatic heterocycles. The van der Waals surface area contributed by atoms with Gasteiger partial charge >= 0.3 is 0 Å². The predicted molar refractivity (Wildman–Crippen MR) is 76.1 cm³/mol. The van der Waals surface area contributed by atoms with Crippen LogP contribution >= 0.6 is 0 Å². The fraction of sp³-hybridized carbons (Fsp3) is 1.00. The van der Waals surface area contributed by atoms with E-state index in [9.17, 15) is 5.11 Å². The third-order valence-electron chi connectivity index (χ3n) is 4.79. The molecule has 1 saturated heterocycles. The molecule has 19 heavy (non-hydrogen) atoms. The summed E-state index contributed by atoms with van der Waals surface area (Å²) in [5.41, 5.74) is 0.0685. The largest absolute Gasteiger partial charge is 0.390 e. The molecule has 3 unspecified atom stereocenters. The average Bonchev–Trinajstić information content (AvgIpc) is 2.32. The first-order valence-electron chi connectivity index (χ1n) is 7.81. The maximum absolute atomic E-state index is 10.8. The van der Waals surface area contributed by atoms with Gasteiger partial charge in [0.25, 0.3) is 0 Å². The number of hydrogen-bond acceptors (Lipinski definition) is 3. The molecule has 0 aromatic rings. The lowest BCUT2D eigenvalue weighted by Gasteiger charge is -2.49. The summed E-state index contributed by atoms with van der Waals surface area (Å²) in [4.78, 5) is 0. The van der Waals surface area contributed by atoms with Crippen LogP contribution in [-0.4, -0.2) is 36.1 Å². The van der Waals surface area contributed by atoms with Crippen molar-refractivity contribution in [2.45, 2.75) is 77.6 Å². The summed E-state index contributed by atoms with van der Waals surface area (Å²) in [5.74, 6) is 0.324. The summed E-state index contributed by atoms with van der Waals surface area (Å²) in [7, 11) is 0. The highest BCUT2D eigenvalue weighted by molar-refractivity contribution is 4.97. The van der Waals surface area contributed by atoms with Gasteiger partial charge in [0.05, 0.1) is 17.8 Å². The molecule has 3 atom stereocenters. The van der Waals surface area contributed by atoms with Crippen LogP contribution in [0.5, 0.6) is 0 Å². The third-order valence-corrected chi connectivity index (χ3v) is 4.79. The maximum Gasteiger partial charge on any atom is 0.0884 e. The molecule has 0 bridgehead atoms. The molecule has 0 radical (unpaired) electrons. The van der Waals surface area contributed by atoms with E-state index in [0.29, 0.717) is 12.5 Å². The molecule has 1 aliphatic carbocycles. The number of aliphatic hydroxyl groups excluding tert-OH is 1. The maximum atomic E-state index is 10.8. The molecule has 2 aliphatic rings. The lowest BCUT2D eigenvalue weighted by Crippen LogP contribution is -2.52. The quantitative estimate of drug-likeness (QED) is 0.853. The van der Waals surface area contributed by atoms with Crippen molar-refractivity contribution < 1.29 is 14.6 Å². The molecule has 1 saturated carbocycles. The number of hydrogen-bond donors (Lipinski definition) is 1. The smallest absolute Gasteiger partial charge is 0.0884 e. The van der Waals surface area contributed by atoms with Crippen LogP contribution < -0.4 is 0 Å². The average molecular weight is 270 g/mol. The third kappa shape index (κ3) is 3.32. The summed E-state index contributed by atoms with van der Waals surface area (Å²) in [5, 5.41) is 10.8. The van der Waals surface area contributed by atoms with Crippen molar-refractivity contribution >= 4 is 0 Å². The zero-order valence-corrected chi connectivity index (χ0v) is 12.9. The number of rotatable bonds is 4. The van der Waals surface area contributed by atoms with Crippen LogP contribution in [0.15, 0.2) is 0 Å². The molecule has 0 amide bonds. The molecule has 2 rings (SSSR count). The molecular formula is C16H30O3. The van der Waals surface area contributed by atoms with Crippen molar-refractivity contribution in [2.75, 3.05) is 13.2 Å². The molecule has 1 N–H and O–H groups in total. The summed E-state index contributed by atoms with van der Waals surface area (Å²) in [6, 6.07) is 0. The zero-order chi connectivity index (χ0) is 14.1. The van der Waals surface area contributed by atoms with E-state index in [2.05, 4.69) is 20.8 Å². The van der Waals surface area contributed by atoms with Crippen LogP contribution in [0.25, 0.3) is 0 Å². The van der Waals surface area contributed by atoms with Crippen molar-refractivity contribution in [3.63, 3.8) is 0 Å². The lowest BCUT2D eigenvalue weighted by atomic mass is 9.69. The van der Waals surface area contributed by atoms with Gasteiger partial charge in [0.15, 0.2) is 0 Å². The molecule has 1 spiro atoms. The fourth-order valence-electron chi connectivity index (χ4n) is 3.56. The first kappa shape index (κ1) is 15.3. The van der Waals surface area contributed by atoms with Crippen molar-refractivity contribution in [1.29, 1.82) is 0 Å². The Kier molecular flexibility index (Phi) is 4.59. The summed E-state index contributed by atoms with van der Waals surface area (Å²) in [6.07, 6.45) is 5.13. The van der Waals surface area contributed by atoms with Crippen LogP contribution in [0.1, 0.15) is 59.8 Å². The van der Waals surface area contributed by atoms with Gasteiger partial charge in [0.1, 0.15) is 0 Å².